The highest BCUT2D eigenvalue weighted by Crippen LogP contribution is 2.27. The molecule has 2 rings (SSSR count). The number of amides is 3. The third kappa shape index (κ3) is 6.23. The molecule has 8 nitrogen and oxygen atoms in total. The lowest BCUT2D eigenvalue weighted by atomic mass is 10.1. The fourth-order valence-corrected chi connectivity index (χ4v) is 2.53. The van der Waals surface area contributed by atoms with Crippen molar-refractivity contribution in [3.63, 3.8) is 0 Å². The molecule has 0 aliphatic rings. The van der Waals surface area contributed by atoms with Crippen LogP contribution in [-0.4, -0.2) is 37.0 Å². The second kappa shape index (κ2) is 9.78. The van der Waals surface area contributed by atoms with E-state index in [-0.39, 0.29) is 11.4 Å². The summed E-state index contributed by atoms with van der Waals surface area (Å²) in [4.78, 5) is 36.7. The number of hydrazine groups is 1. The third-order valence-electron chi connectivity index (χ3n) is 3.91. The van der Waals surface area contributed by atoms with Gasteiger partial charge < -0.3 is 14.8 Å². The molecule has 0 saturated carbocycles. The molecule has 3 amide bonds. The molecule has 0 spiro atoms. The van der Waals surface area contributed by atoms with Gasteiger partial charge in [0, 0.05) is 22.2 Å². The zero-order valence-electron chi connectivity index (χ0n) is 17.8. The van der Waals surface area contributed by atoms with Gasteiger partial charge in [-0.3, -0.25) is 25.2 Å². The molecule has 0 bridgehead atoms. The van der Waals surface area contributed by atoms with Crippen LogP contribution in [0.1, 0.15) is 58.8 Å². The van der Waals surface area contributed by atoms with E-state index in [9.17, 15) is 14.4 Å². The number of rotatable bonds is 6. The lowest BCUT2D eigenvalue weighted by Crippen LogP contribution is -2.42. The molecule has 2 aromatic carbocycles. The number of nitrogens with one attached hydrogen (secondary N) is 3. The maximum absolute atomic E-state index is 12.3. The summed E-state index contributed by atoms with van der Waals surface area (Å²) in [5.41, 5.74) is 5.38. The summed E-state index contributed by atoms with van der Waals surface area (Å²) in [5.74, 6) is -0.307. The number of benzene rings is 2. The standard InChI is InChI=1S/C22H27N3O5/c1-6-30-17-12-11-16(13-18(17)29-5)21(28)25-24-20(27)15-9-7-14(8-10-15)19(26)23-22(2,3)4/h7-13H,6H2,1-5H3,(H,23,26)(H,24,27)(H,25,28). The van der Waals surface area contributed by atoms with Crippen molar-refractivity contribution in [2.75, 3.05) is 13.7 Å². The number of methoxy groups -OCH3 is 1. The van der Waals surface area contributed by atoms with Crippen LogP contribution in [0.3, 0.4) is 0 Å². The predicted molar refractivity (Wildman–Crippen MR) is 113 cm³/mol. The van der Waals surface area contributed by atoms with Gasteiger partial charge in [-0.2, -0.15) is 0 Å². The minimum Gasteiger partial charge on any atom is -0.493 e. The van der Waals surface area contributed by atoms with Gasteiger partial charge in [0.2, 0.25) is 0 Å². The number of hydrogen-bond donors (Lipinski definition) is 3. The SMILES string of the molecule is CCOc1ccc(C(=O)NNC(=O)c2ccc(C(=O)NC(C)(C)C)cc2)cc1OC. The molecule has 0 aromatic heterocycles. The van der Waals surface area contributed by atoms with Crippen LogP contribution < -0.4 is 25.6 Å². The number of carbonyl (C=O) groups is 3. The van der Waals surface area contributed by atoms with Gasteiger partial charge in [0.15, 0.2) is 11.5 Å². The van der Waals surface area contributed by atoms with Gasteiger partial charge in [0.1, 0.15) is 0 Å². The van der Waals surface area contributed by atoms with E-state index in [2.05, 4.69) is 16.2 Å². The minimum absolute atomic E-state index is 0.229. The van der Waals surface area contributed by atoms with E-state index in [1.54, 1.807) is 24.3 Å². The molecule has 8 heteroatoms. The first-order valence-corrected chi connectivity index (χ1v) is 9.48. The Morgan fingerprint density at radius 1 is 0.800 bits per heavy atom. The summed E-state index contributed by atoms with van der Waals surface area (Å²) in [6.45, 7) is 7.97. The first-order valence-electron chi connectivity index (χ1n) is 9.48. The molecule has 0 unspecified atom stereocenters. The first-order chi connectivity index (χ1) is 14.1. The van der Waals surface area contributed by atoms with Crippen LogP contribution in [0.5, 0.6) is 11.5 Å². The Morgan fingerprint density at radius 3 is 1.80 bits per heavy atom. The monoisotopic (exact) mass is 413 g/mol. The quantitative estimate of drug-likeness (QED) is 0.632. The van der Waals surface area contributed by atoms with E-state index in [1.807, 2.05) is 27.7 Å². The molecule has 30 heavy (non-hydrogen) atoms. The van der Waals surface area contributed by atoms with Crippen molar-refractivity contribution in [2.24, 2.45) is 0 Å². The summed E-state index contributed by atoms with van der Waals surface area (Å²) in [6.07, 6.45) is 0. The van der Waals surface area contributed by atoms with Gasteiger partial charge in [-0.15, -0.1) is 0 Å². The van der Waals surface area contributed by atoms with Crippen LogP contribution in [0.25, 0.3) is 0 Å². The molecule has 0 aliphatic heterocycles. The highest BCUT2D eigenvalue weighted by atomic mass is 16.5. The second-order valence-electron chi connectivity index (χ2n) is 7.49. The van der Waals surface area contributed by atoms with E-state index in [1.165, 1.54) is 25.3 Å². The molecule has 3 N–H and O–H groups in total. The fourth-order valence-electron chi connectivity index (χ4n) is 2.53. The molecule has 2 aromatic rings. The molecule has 0 radical (unpaired) electrons. The molecule has 0 saturated heterocycles. The van der Waals surface area contributed by atoms with Crippen LogP contribution in [0.15, 0.2) is 42.5 Å². The van der Waals surface area contributed by atoms with Crippen molar-refractivity contribution in [3.8, 4) is 11.5 Å². The first kappa shape index (κ1) is 22.7. The van der Waals surface area contributed by atoms with Gasteiger partial charge in [-0.05, 0) is 70.2 Å². The molecular weight excluding hydrogens is 386 g/mol. The molecular formula is C22H27N3O5. The Bertz CT molecular complexity index is 917. The van der Waals surface area contributed by atoms with Crippen molar-refractivity contribution in [1.82, 2.24) is 16.2 Å². The highest BCUT2D eigenvalue weighted by Gasteiger charge is 2.16. The summed E-state index contributed by atoms with van der Waals surface area (Å²) < 4.78 is 10.6. The van der Waals surface area contributed by atoms with Crippen LogP contribution in [0.2, 0.25) is 0 Å². The number of ether oxygens (including phenoxy) is 2. The van der Waals surface area contributed by atoms with E-state index < -0.39 is 11.8 Å². The van der Waals surface area contributed by atoms with Crippen molar-refractivity contribution in [1.29, 1.82) is 0 Å². The third-order valence-corrected chi connectivity index (χ3v) is 3.91. The predicted octanol–water partition coefficient (Wildman–Crippen LogP) is 2.70. The van der Waals surface area contributed by atoms with E-state index in [0.29, 0.717) is 34.8 Å². The van der Waals surface area contributed by atoms with Crippen LogP contribution >= 0.6 is 0 Å². The Balaban J connectivity index is 1.98. The summed E-state index contributed by atoms with van der Waals surface area (Å²) in [6, 6.07) is 10.8. The topological polar surface area (TPSA) is 106 Å². The Morgan fingerprint density at radius 2 is 1.30 bits per heavy atom. The van der Waals surface area contributed by atoms with E-state index in [4.69, 9.17) is 9.47 Å². The van der Waals surface area contributed by atoms with Gasteiger partial charge in [0.05, 0.1) is 13.7 Å². The minimum atomic E-state index is -0.510. The lowest BCUT2D eigenvalue weighted by molar-refractivity contribution is 0.0846. The zero-order valence-corrected chi connectivity index (χ0v) is 17.8. The fraction of sp³-hybridized carbons (Fsp3) is 0.318. The zero-order chi connectivity index (χ0) is 22.3. The van der Waals surface area contributed by atoms with Gasteiger partial charge >= 0.3 is 0 Å². The average Bonchev–Trinajstić information content (AvgIpc) is 2.71. The van der Waals surface area contributed by atoms with E-state index >= 15 is 0 Å². The smallest absolute Gasteiger partial charge is 0.269 e. The maximum atomic E-state index is 12.3. The van der Waals surface area contributed by atoms with Crippen LogP contribution in [0.4, 0.5) is 0 Å². The Kier molecular flexibility index (Phi) is 7.41. The van der Waals surface area contributed by atoms with Crippen molar-refractivity contribution in [2.45, 2.75) is 33.2 Å². The average molecular weight is 413 g/mol. The number of hydrogen-bond acceptors (Lipinski definition) is 5. The maximum Gasteiger partial charge on any atom is 0.269 e. The highest BCUT2D eigenvalue weighted by molar-refractivity contribution is 6.00. The van der Waals surface area contributed by atoms with Gasteiger partial charge in [0.25, 0.3) is 17.7 Å². The Labute approximate surface area is 175 Å². The van der Waals surface area contributed by atoms with Crippen molar-refractivity contribution >= 4 is 17.7 Å². The summed E-state index contributed by atoms with van der Waals surface area (Å²) in [5, 5.41) is 2.85. The second-order valence-corrected chi connectivity index (χ2v) is 7.49. The Hall–Kier alpha value is -3.55. The van der Waals surface area contributed by atoms with Gasteiger partial charge in [-0.25, -0.2) is 0 Å². The van der Waals surface area contributed by atoms with Crippen molar-refractivity contribution in [3.05, 3.63) is 59.2 Å². The van der Waals surface area contributed by atoms with Crippen molar-refractivity contribution < 1.29 is 23.9 Å². The largest absolute Gasteiger partial charge is 0.493 e. The molecule has 0 fully saturated rings. The normalized spacial score (nSPS) is 10.7. The van der Waals surface area contributed by atoms with Crippen LogP contribution in [0, 0.1) is 0 Å². The molecule has 0 heterocycles. The van der Waals surface area contributed by atoms with E-state index in [0.717, 1.165) is 0 Å². The molecule has 160 valence electrons. The van der Waals surface area contributed by atoms with Crippen LogP contribution in [-0.2, 0) is 0 Å². The molecule has 0 aliphatic carbocycles. The summed E-state index contributed by atoms with van der Waals surface area (Å²) in [7, 11) is 1.48. The van der Waals surface area contributed by atoms with Gasteiger partial charge in [-0.1, -0.05) is 0 Å². The molecule has 0 atom stereocenters. The number of carbonyl (C=O) groups excluding carboxylic acids is 3. The summed E-state index contributed by atoms with van der Waals surface area (Å²) >= 11 is 0. The lowest BCUT2D eigenvalue weighted by Gasteiger charge is -2.20.